The Morgan fingerprint density at radius 3 is 2.52 bits per heavy atom. The highest BCUT2D eigenvalue weighted by molar-refractivity contribution is 7.09. The van der Waals surface area contributed by atoms with E-state index in [2.05, 4.69) is 36.1 Å². The summed E-state index contributed by atoms with van der Waals surface area (Å²) in [6.45, 7) is 6.74. The second-order valence-corrected chi connectivity index (χ2v) is 7.04. The first-order valence-electron chi connectivity index (χ1n) is 7.21. The van der Waals surface area contributed by atoms with Crippen molar-refractivity contribution in [2.75, 3.05) is 6.54 Å². The molecule has 0 aliphatic rings. The van der Waals surface area contributed by atoms with Crippen molar-refractivity contribution in [3.05, 3.63) is 45.7 Å². The van der Waals surface area contributed by atoms with Crippen molar-refractivity contribution in [1.29, 1.82) is 0 Å². The largest absolute Gasteiger partial charge is 0.477 e. The van der Waals surface area contributed by atoms with Crippen LogP contribution in [0.3, 0.4) is 0 Å². The molecule has 1 amide bonds. The van der Waals surface area contributed by atoms with Crippen molar-refractivity contribution in [3.63, 3.8) is 0 Å². The average Bonchev–Trinajstić information content (AvgIpc) is 2.96. The molecule has 23 heavy (non-hydrogen) atoms. The summed E-state index contributed by atoms with van der Waals surface area (Å²) in [6.07, 6.45) is 0.630. The number of nitrogens with zero attached hydrogens (tertiary/aromatic N) is 2. The lowest BCUT2D eigenvalue weighted by atomic mass is 9.93. The number of nitrogens with one attached hydrogen (secondary N) is 1. The normalized spacial score (nSPS) is 11.3. The standard InChI is InChI=1S/C16H19N3O3S/c1-16(2,3)12-9-23-13(19-12)7-8-17-14(20)10-5-4-6-11(18-10)15(21)22/h4-6,9H,7-8H2,1-3H3,(H,17,20)(H,21,22). The van der Waals surface area contributed by atoms with Gasteiger partial charge in [-0.15, -0.1) is 11.3 Å². The van der Waals surface area contributed by atoms with Crippen LogP contribution in [0.4, 0.5) is 0 Å². The topological polar surface area (TPSA) is 92.2 Å². The highest BCUT2D eigenvalue weighted by atomic mass is 32.1. The Kier molecular flexibility index (Phi) is 5.10. The molecule has 0 spiro atoms. The Morgan fingerprint density at radius 2 is 1.91 bits per heavy atom. The van der Waals surface area contributed by atoms with Crippen LogP contribution in [0, 0.1) is 0 Å². The lowest BCUT2D eigenvalue weighted by Gasteiger charge is -2.14. The first kappa shape index (κ1) is 17.1. The van der Waals surface area contributed by atoms with E-state index in [1.54, 1.807) is 11.3 Å². The van der Waals surface area contributed by atoms with Gasteiger partial charge in [0.25, 0.3) is 5.91 Å². The van der Waals surface area contributed by atoms with E-state index < -0.39 is 5.97 Å². The van der Waals surface area contributed by atoms with Crippen molar-refractivity contribution in [2.24, 2.45) is 0 Å². The summed E-state index contributed by atoms with van der Waals surface area (Å²) in [5, 5.41) is 14.6. The molecule has 2 rings (SSSR count). The van der Waals surface area contributed by atoms with Crippen LogP contribution >= 0.6 is 11.3 Å². The number of carboxylic acids is 1. The van der Waals surface area contributed by atoms with Crippen LogP contribution in [0.5, 0.6) is 0 Å². The van der Waals surface area contributed by atoms with Gasteiger partial charge in [-0.05, 0) is 12.1 Å². The van der Waals surface area contributed by atoms with E-state index in [0.29, 0.717) is 13.0 Å². The number of aromatic nitrogens is 2. The van der Waals surface area contributed by atoms with Crippen LogP contribution in [0.2, 0.25) is 0 Å². The number of thiazole rings is 1. The quantitative estimate of drug-likeness (QED) is 0.877. The summed E-state index contributed by atoms with van der Waals surface area (Å²) in [5.74, 6) is -1.54. The number of hydrogen-bond donors (Lipinski definition) is 2. The lowest BCUT2D eigenvalue weighted by molar-refractivity contribution is 0.0690. The van der Waals surface area contributed by atoms with Crippen molar-refractivity contribution >= 4 is 23.2 Å². The summed E-state index contributed by atoms with van der Waals surface area (Å²) in [7, 11) is 0. The van der Waals surface area contributed by atoms with Crippen LogP contribution in [0.15, 0.2) is 23.6 Å². The predicted molar refractivity (Wildman–Crippen MR) is 88.0 cm³/mol. The number of hydrogen-bond acceptors (Lipinski definition) is 5. The first-order chi connectivity index (χ1) is 10.8. The maximum absolute atomic E-state index is 12.0. The number of carbonyl (C=O) groups is 2. The number of amides is 1. The summed E-state index contributed by atoms with van der Waals surface area (Å²) in [5.41, 5.74) is 1.01. The second kappa shape index (κ2) is 6.87. The van der Waals surface area contributed by atoms with Gasteiger partial charge in [0.1, 0.15) is 11.4 Å². The maximum atomic E-state index is 12.0. The molecule has 2 heterocycles. The average molecular weight is 333 g/mol. The zero-order valence-corrected chi connectivity index (χ0v) is 14.1. The minimum Gasteiger partial charge on any atom is -0.477 e. The van der Waals surface area contributed by atoms with Gasteiger partial charge in [0.05, 0.1) is 10.7 Å². The van der Waals surface area contributed by atoms with Crippen molar-refractivity contribution in [1.82, 2.24) is 15.3 Å². The number of aromatic carboxylic acids is 1. The molecule has 0 atom stereocenters. The minimum atomic E-state index is -1.16. The molecule has 0 unspecified atom stereocenters. The van der Waals surface area contributed by atoms with Gasteiger partial charge in [0, 0.05) is 23.8 Å². The van der Waals surface area contributed by atoms with Gasteiger partial charge in [-0.3, -0.25) is 4.79 Å². The van der Waals surface area contributed by atoms with E-state index in [1.807, 2.05) is 5.38 Å². The molecule has 0 saturated carbocycles. The molecule has 0 saturated heterocycles. The Bertz CT molecular complexity index is 719. The van der Waals surface area contributed by atoms with Crippen LogP contribution < -0.4 is 5.32 Å². The molecular weight excluding hydrogens is 314 g/mol. The SMILES string of the molecule is CC(C)(C)c1csc(CCNC(=O)c2cccc(C(=O)O)n2)n1. The summed E-state index contributed by atoms with van der Waals surface area (Å²) >= 11 is 1.57. The Labute approximate surface area is 138 Å². The fourth-order valence-electron chi connectivity index (χ4n) is 1.82. The maximum Gasteiger partial charge on any atom is 0.354 e. The van der Waals surface area contributed by atoms with Gasteiger partial charge in [0.15, 0.2) is 0 Å². The van der Waals surface area contributed by atoms with Crippen LogP contribution in [-0.4, -0.2) is 33.5 Å². The van der Waals surface area contributed by atoms with E-state index >= 15 is 0 Å². The van der Waals surface area contributed by atoms with Crippen molar-refractivity contribution in [3.8, 4) is 0 Å². The number of rotatable bonds is 5. The van der Waals surface area contributed by atoms with Gasteiger partial charge < -0.3 is 10.4 Å². The monoisotopic (exact) mass is 333 g/mol. The molecular formula is C16H19N3O3S. The molecule has 0 aliphatic heterocycles. The van der Waals surface area contributed by atoms with Gasteiger partial charge in [-0.1, -0.05) is 26.8 Å². The molecule has 0 aromatic carbocycles. The molecule has 0 aliphatic carbocycles. The van der Waals surface area contributed by atoms with Gasteiger partial charge in [0.2, 0.25) is 0 Å². The Hall–Kier alpha value is -2.28. The smallest absolute Gasteiger partial charge is 0.354 e. The van der Waals surface area contributed by atoms with Crippen LogP contribution in [0.25, 0.3) is 0 Å². The second-order valence-electron chi connectivity index (χ2n) is 6.10. The first-order valence-corrected chi connectivity index (χ1v) is 8.09. The minimum absolute atomic E-state index is 0.0131. The number of pyridine rings is 1. The van der Waals surface area contributed by atoms with E-state index in [1.165, 1.54) is 18.2 Å². The molecule has 122 valence electrons. The molecule has 2 N–H and O–H groups in total. The van der Waals surface area contributed by atoms with E-state index in [9.17, 15) is 9.59 Å². The Morgan fingerprint density at radius 1 is 1.22 bits per heavy atom. The molecule has 0 radical (unpaired) electrons. The highest BCUT2D eigenvalue weighted by Crippen LogP contribution is 2.23. The zero-order chi connectivity index (χ0) is 17.0. The molecule has 0 fully saturated rings. The number of carbonyl (C=O) groups excluding carboxylic acids is 1. The van der Waals surface area contributed by atoms with Crippen molar-refractivity contribution < 1.29 is 14.7 Å². The molecule has 0 bridgehead atoms. The fraction of sp³-hybridized carbons (Fsp3) is 0.375. The third-order valence-corrected chi connectivity index (χ3v) is 4.05. The molecule has 7 heteroatoms. The van der Waals surface area contributed by atoms with E-state index in [0.717, 1.165) is 10.7 Å². The Balaban J connectivity index is 1.91. The summed E-state index contributed by atoms with van der Waals surface area (Å²) in [4.78, 5) is 31.2. The molecule has 2 aromatic heterocycles. The van der Waals surface area contributed by atoms with Crippen LogP contribution in [0.1, 0.15) is 52.4 Å². The van der Waals surface area contributed by atoms with E-state index in [4.69, 9.17) is 5.11 Å². The zero-order valence-electron chi connectivity index (χ0n) is 13.3. The predicted octanol–water partition coefficient (Wildman–Crippen LogP) is 2.51. The van der Waals surface area contributed by atoms with Gasteiger partial charge in [-0.25, -0.2) is 14.8 Å². The lowest BCUT2D eigenvalue weighted by Crippen LogP contribution is -2.27. The third-order valence-electron chi connectivity index (χ3n) is 3.15. The van der Waals surface area contributed by atoms with Gasteiger partial charge in [-0.2, -0.15) is 0 Å². The molecule has 6 nitrogen and oxygen atoms in total. The van der Waals surface area contributed by atoms with E-state index in [-0.39, 0.29) is 22.7 Å². The summed E-state index contributed by atoms with van der Waals surface area (Å²) < 4.78 is 0. The summed E-state index contributed by atoms with van der Waals surface area (Å²) in [6, 6.07) is 4.34. The fourth-order valence-corrected chi connectivity index (χ4v) is 2.85. The number of carboxylic acid groups (broad SMARTS) is 1. The van der Waals surface area contributed by atoms with Crippen molar-refractivity contribution in [2.45, 2.75) is 32.6 Å². The van der Waals surface area contributed by atoms with Crippen LogP contribution in [-0.2, 0) is 11.8 Å². The highest BCUT2D eigenvalue weighted by Gasteiger charge is 2.17. The van der Waals surface area contributed by atoms with Gasteiger partial charge >= 0.3 is 5.97 Å². The third kappa shape index (κ3) is 4.59. The molecule has 2 aromatic rings.